The van der Waals surface area contributed by atoms with Crippen LogP contribution in [0.2, 0.25) is 5.02 Å². The van der Waals surface area contributed by atoms with Gasteiger partial charge in [-0.15, -0.1) is 0 Å². The smallest absolute Gasteiger partial charge is 0.135 e. The summed E-state index contributed by atoms with van der Waals surface area (Å²) in [7, 11) is 3.55. The molecule has 0 aliphatic heterocycles. The van der Waals surface area contributed by atoms with E-state index in [-0.39, 0.29) is 0 Å². The van der Waals surface area contributed by atoms with Gasteiger partial charge in [0.2, 0.25) is 0 Å². The third-order valence-corrected chi connectivity index (χ3v) is 3.67. The molecular formula is C11H10BrClN2O. The van der Waals surface area contributed by atoms with Crippen molar-refractivity contribution < 1.29 is 4.74 Å². The Kier molecular flexibility index (Phi) is 3.21. The molecule has 0 amide bonds. The van der Waals surface area contributed by atoms with E-state index in [4.69, 9.17) is 16.3 Å². The summed E-state index contributed by atoms with van der Waals surface area (Å²) in [5.74, 6) is 0.712. The molecule has 0 saturated carbocycles. The molecule has 0 fully saturated rings. The summed E-state index contributed by atoms with van der Waals surface area (Å²) < 4.78 is 7.94. The number of aromatic nitrogens is 2. The van der Waals surface area contributed by atoms with E-state index in [2.05, 4.69) is 20.9 Å². The highest BCUT2D eigenvalue weighted by Gasteiger charge is 2.10. The summed E-state index contributed by atoms with van der Waals surface area (Å²) in [5, 5.41) is 0.621. The summed E-state index contributed by atoms with van der Waals surface area (Å²) >= 11 is 9.49. The number of nitrogens with zero attached hydrogens (tertiary/aromatic N) is 2. The molecule has 16 heavy (non-hydrogen) atoms. The minimum Gasteiger partial charge on any atom is -0.495 e. The van der Waals surface area contributed by atoms with E-state index in [1.807, 2.05) is 23.7 Å². The molecule has 0 unspecified atom stereocenters. The minimum absolute atomic E-state index is 0.621. The average molecular weight is 302 g/mol. The molecule has 0 spiro atoms. The highest BCUT2D eigenvalue weighted by Crippen LogP contribution is 2.36. The van der Waals surface area contributed by atoms with Crippen molar-refractivity contribution in [2.75, 3.05) is 7.11 Å². The zero-order valence-electron chi connectivity index (χ0n) is 8.87. The van der Waals surface area contributed by atoms with E-state index >= 15 is 0 Å². The van der Waals surface area contributed by atoms with Crippen LogP contribution in [0.3, 0.4) is 0 Å². The molecule has 3 nitrogen and oxygen atoms in total. The zero-order valence-corrected chi connectivity index (χ0v) is 11.2. The zero-order chi connectivity index (χ0) is 11.7. The highest BCUT2D eigenvalue weighted by molar-refractivity contribution is 9.10. The number of hydrogen-bond acceptors (Lipinski definition) is 2. The van der Waals surface area contributed by atoms with Crippen molar-refractivity contribution in [3.8, 4) is 17.0 Å². The van der Waals surface area contributed by atoms with E-state index in [1.54, 1.807) is 19.6 Å². The van der Waals surface area contributed by atoms with E-state index in [0.717, 1.165) is 15.7 Å². The first-order valence-electron chi connectivity index (χ1n) is 4.63. The maximum atomic E-state index is 6.11. The van der Waals surface area contributed by atoms with Crippen molar-refractivity contribution in [1.29, 1.82) is 0 Å². The first kappa shape index (κ1) is 11.5. The lowest BCUT2D eigenvalue weighted by atomic mass is 10.1. The predicted octanol–water partition coefficient (Wildman–Crippen LogP) is 3.51. The molecule has 5 heteroatoms. The number of methoxy groups -OCH3 is 1. The van der Waals surface area contributed by atoms with Gasteiger partial charge in [-0.3, -0.25) is 0 Å². The van der Waals surface area contributed by atoms with Gasteiger partial charge in [-0.1, -0.05) is 11.6 Å². The van der Waals surface area contributed by atoms with Crippen LogP contribution in [-0.2, 0) is 7.05 Å². The summed E-state index contributed by atoms with van der Waals surface area (Å²) in [5.41, 5.74) is 1.97. The Morgan fingerprint density at radius 2 is 2.19 bits per heavy atom. The van der Waals surface area contributed by atoms with Gasteiger partial charge in [0.15, 0.2) is 0 Å². The van der Waals surface area contributed by atoms with Crippen LogP contribution in [0, 0.1) is 0 Å². The van der Waals surface area contributed by atoms with Crippen molar-refractivity contribution in [2.45, 2.75) is 0 Å². The van der Waals surface area contributed by atoms with Gasteiger partial charge in [-0.2, -0.15) is 0 Å². The molecule has 2 aromatic rings. The van der Waals surface area contributed by atoms with E-state index < -0.39 is 0 Å². The Morgan fingerprint density at radius 3 is 2.75 bits per heavy atom. The first-order valence-corrected chi connectivity index (χ1v) is 5.80. The van der Waals surface area contributed by atoms with Gasteiger partial charge < -0.3 is 9.30 Å². The van der Waals surface area contributed by atoms with Crippen molar-refractivity contribution >= 4 is 27.5 Å². The lowest BCUT2D eigenvalue weighted by molar-refractivity contribution is 0.412. The predicted molar refractivity (Wildman–Crippen MR) is 67.9 cm³/mol. The van der Waals surface area contributed by atoms with Crippen LogP contribution in [0.5, 0.6) is 5.75 Å². The summed E-state index contributed by atoms with van der Waals surface area (Å²) in [4.78, 5) is 4.07. The molecule has 0 saturated heterocycles. The number of rotatable bonds is 2. The second kappa shape index (κ2) is 4.47. The van der Waals surface area contributed by atoms with Gasteiger partial charge in [0, 0.05) is 12.6 Å². The largest absolute Gasteiger partial charge is 0.495 e. The molecule has 0 bridgehead atoms. The molecule has 2 rings (SSSR count). The van der Waals surface area contributed by atoms with Crippen molar-refractivity contribution in [1.82, 2.24) is 9.55 Å². The quantitative estimate of drug-likeness (QED) is 0.849. The topological polar surface area (TPSA) is 27.1 Å². The molecule has 0 aliphatic carbocycles. The van der Waals surface area contributed by atoms with Crippen molar-refractivity contribution in [2.24, 2.45) is 7.05 Å². The molecule has 0 atom stereocenters. The Morgan fingerprint density at radius 1 is 1.44 bits per heavy atom. The molecule has 84 valence electrons. The Labute approximate surface area is 107 Å². The Bertz CT molecular complexity index is 525. The number of ether oxygens (including phenoxy) is 1. The second-order valence-corrected chi connectivity index (χ2v) is 4.56. The molecule has 1 heterocycles. The standard InChI is InChI=1S/C11H10BrClN2O/c1-15-6-14-5-9(15)7-3-8(13)11(12)10(4-7)16-2/h3-6H,1-2H3. The lowest BCUT2D eigenvalue weighted by Crippen LogP contribution is -1.91. The fourth-order valence-electron chi connectivity index (χ4n) is 1.50. The van der Waals surface area contributed by atoms with E-state index in [0.29, 0.717) is 10.8 Å². The van der Waals surface area contributed by atoms with Crippen LogP contribution in [0.4, 0.5) is 0 Å². The minimum atomic E-state index is 0.621. The Hall–Kier alpha value is -1.00. The van der Waals surface area contributed by atoms with Crippen LogP contribution in [0.15, 0.2) is 29.1 Å². The normalized spacial score (nSPS) is 10.5. The van der Waals surface area contributed by atoms with Crippen LogP contribution in [-0.4, -0.2) is 16.7 Å². The Balaban J connectivity index is 2.59. The third-order valence-electron chi connectivity index (χ3n) is 2.33. The molecule has 1 aromatic carbocycles. The maximum absolute atomic E-state index is 6.11. The SMILES string of the molecule is COc1cc(-c2cncn2C)cc(Cl)c1Br. The highest BCUT2D eigenvalue weighted by atomic mass is 79.9. The van der Waals surface area contributed by atoms with E-state index in [1.165, 1.54) is 0 Å². The monoisotopic (exact) mass is 300 g/mol. The average Bonchev–Trinajstić information content (AvgIpc) is 2.68. The van der Waals surface area contributed by atoms with Crippen LogP contribution in [0.25, 0.3) is 11.3 Å². The summed E-state index contributed by atoms with van der Waals surface area (Å²) in [6.07, 6.45) is 3.54. The van der Waals surface area contributed by atoms with Gasteiger partial charge in [0.1, 0.15) is 5.75 Å². The number of imidazole rings is 1. The van der Waals surface area contributed by atoms with Crippen LogP contribution in [0.1, 0.15) is 0 Å². The number of benzene rings is 1. The molecule has 0 radical (unpaired) electrons. The molecule has 0 N–H and O–H groups in total. The molecule has 0 aliphatic rings. The van der Waals surface area contributed by atoms with Crippen molar-refractivity contribution in [3.63, 3.8) is 0 Å². The maximum Gasteiger partial charge on any atom is 0.135 e. The summed E-state index contributed by atoms with van der Waals surface area (Å²) in [6, 6.07) is 3.80. The fourth-order valence-corrected chi connectivity index (χ4v) is 2.10. The first-order chi connectivity index (χ1) is 7.63. The number of halogens is 2. The van der Waals surface area contributed by atoms with Crippen molar-refractivity contribution in [3.05, 3.63) is 34.2 Å². The molecular weight excluding hydrogens is 291 g/mol. The number of aryl methyl sites for hydroxylation is 1. The van der Waals surface area contributed by atoms with Gasteiger partial charge in [0.05, 0.1) is 34.8 Å². The van der Waals surface area contributed by atoms with E-state index in [9.17, 15) is 0 Å². The fraction of sp³-hybridized carbons (Fsp3) is 0.182. The van der Waals surface area contributed by atoms with Gasteiger partial charge >= 0.3 is 0 Å². The molecule has 1 aromatic heterocycles. The van der Waals surface area contributed by atoms with Crippen LogP contribution < -0.4 is 4.74 Å². The van der Waals surface area contributed by atoms with Gasteiger partial charge in [-0.05, 0) is 28.1 Å². The lowest BCUT2D eigenvalue weighted by Gasteiger charge is -2.09. The number of hydrogen-bond donors (Lipinski definition) is 0. The second-order valence-electron chi connectivity index (χ2n) is 3.36. The van der Waals surface area contributed by atoms with Gasteiger partial charge in [-0.25, -0.2) is 4.98 Å². The van der Waals surface area contributed by atoms with Crippen LogP contribution >= 0.6 is 27.5 Å². The summed E-state index contributed by atoms with van der Waals surface area (Å²) in [6.45, 7) is 0. The third kappa shape index (κ3) is 1.95. The van der Waals surface area contributed by atoms with Gasteiger partial charge in [0.25, 0.3) is 0 Å².